The summed E-state index contributed by atoms with van der Waals surface area (Å²) < 4.78 is 23.2. The number of hydrogen-bond acceptors (Lipinski definition) is 7. The second-order valence-electron chi connectivity index (χ2n) is 7.01. The van der Waals surface area contributed by atoms with Gasteiger partial charge in [0.05, 0.1) is 12.2 Å². The molecule has 0 radical (unpaired) electrons. The Morgan fingerprint density at radius 1 is 1.26 bits per heavy atom. The molecule has 0 unspecified atom stereocenters. The third-order valence-electron chi connectivity index (χ3n) is 4.87. The van der Waals surface area contributed by atoms with Crippen LogP contribution in [0.2, 0.25) is 0 Å². The van der Waals surface area contributed by atoms with E-state index in [1.165, 1.54) is 11.3 Å². The molecule has 6 nitrogen and oxygen atoms in total. The number of Topliss-reactive ketones (excluding diaryl/α,β-unsaturated/α-hetero) is 1. The summed E-state index contributed by atoms with van der Waals surface area (Å²) in [6.45, 7) is 2.36. The molecule has 2 aromatic carbocycles. The zero-order chi connectivity index (χ0) is 21.5. The third-order valence-corrected chi connectivity index (χ3v) is 6.17. The molecule has 0 fully saturated rings. The Balaban J connectivity index is 1.47. The van der Waals surface area contributed by atoms with Gasteiger partial charge < -0.3 is 18.9 Å². The SMILES string of the molecule is Cc1cc(OC(=O)c2cccs2)cc2c1C(=O)/C(=C/c1cc(Br)cc3c1OCOC3)O2. The Morgan fingerprint density at radius 2 is 2.13 bits per heavy atom. The van der Waals surface area contributed by atoms with Crippen molar-refractivity contribution < 1.29 is 28.5 Å². The molecule has 0 N–H and O–H groups in total. The normalized spacial score (nSPS) is 15.8. The predicted molar refractivity (Wildman–Crippen MR) is 118 cm³/mol. The number of carbonyl (C=O) groups is 2. The molecule has 0 saturated carbocycles. The van der Waals surface area contributed by atoms with Crippen LogP contribution in [0.1, 0.15) is 36.7 Å². The van der Waals surface area contributed by atoms with Gasteiger partial charge in [0.1, 0.15) is 22.1 Å². The van der Waals surface area contributed by atoms with Crippen molar-refractivity contribution in [3.05, 3.63) is 79.1 Å². The summed E-state index contributed by atoms with van der Waals surface area (Å²) in [6.07, 6.45) is 1.66. The number of thiophene rings is 1. The fourth-order valence-corrected chi connectivity index (χ4v) is 4.67. The number of esters is 1. The number of rotatable bonds is 3. The lowest BCUT2D eigenvalue weighted by Crippen LogP contribution is -2.12. The van der Waals surface area contributed by atoms with E-state index >= 15 is 0 Å². The molecule has 0 atom stereocenters. The number of carbonyl (C=O) groups excluding carboxylic acids is 2. The van der Waals surface area contributed by atoms with E-state index in [2.05, 4.69) is 15.9 Å². The van der Waals surface area contributed by atoms with E-state index in [4.69, 9.17) is 18.9 Å². The largest absolute Gasteiger partial charge is 0.467 e. The maximum Gasteiger partial charge on any atom is 0.353 e. The fourth-order valence-electron chi connectivity index (χ4n) is 3.55. The van der Waals surface area contributed by atoms with Gasteiger partial charge in [-0.15, -0.1) is 11.3 Å². The maximum atomic E-state index is 13.0. The summed E-state index contributed by atoms with van der Waals surface area (Å²) in [7, 11) is 0. The van der Waals surface area contributed by atoms with Crippen LogP contribution in [0.5, 0.6) is 17.2 Å². The molecule has 0 bridgehead atoms. The second kappa shape index (κ2) is 7.96. The topological polar surface area (TPSA) is 71.1 Å². The van der Waals surface area contributed by atoms with Crippen molar-refractivity contribution >= 4 is 45.1 Å². The number of fused-ring (bicyclic) bond motifs is 2. The highest BCUT2D eigenvalue weighted by Gasteiger charge is 2.31. The van der Waals surface area contributed by atoms with Crippen LogP contribution in [0.25, 0.3) is 6.08 Å². The van der Waals surface area contributed by atoms with Crippen LogP contribution in [0.15, 0.2) is 52.0 Å². The van der Waals surface area contributed by atoms with Crippen molar-refractivity contribution in [1.82, 2.24) is 0 Å². The van der Waals surface area contributed by atoms with Crippen LogP contribution < -0.4 is 14.2 Å². The monoisotopic (exact) mass is 498 g/mol. The van der Waals surface area contributed by atoms with Crippen molar-refractivity contribution in [3.63, 3.8) is 0 Å². The Kier molecular flexibility index (Phi) is 5.13. The summed E-state index contributed by atoms with van der Waals surface area (Å²) in [5.74, 6) is 0.841. The average molecular weight is 499 g/mol. The molecule has 0 spiro atoms. The molecule has 0 saturated heterocycles. The van der Waals surface area contributed by atoms with Crippen LogP contribution in [-0.4, -0.2) is 18.5 Å². The Bertz CT molecular complexity index is 1250. The summed E-state index contributed by atoms with van der Waals surface area (Å²) in [5.41, 5.74) is 2.72. The average Bonchev–Trinajstić information content (AvgIpc) is 3.37. The highest BCUT2D eigenvalue weighted by atomic mass is 79.9. The number of ketones is 1. The van der Waals surface area contributed by atoms with Crippen LogP contribution >= 0.6 is 27.3 Å². The first-order valence-corrected chi connectivity index (χ1v) is 11.0. The van der Waals surface area contributed by atoms with E-state index in [1.54, 1.807) is 42.6 Å². The molecule has 3 heterocycles. The highest BCUT2D eigenvalue weighted by Crippen LogP contribution is 2.39. The number of benzene rings is 2. The fraction of sp³-hybridized carbons (Fsp3) is 0.130. The smallest absolute Gasteiger partial charge is 0.353 e. The first kappa shape index (κ1) is 20.0. The van der Waals surface area contributed by atoms with Crippen molar-refractivity contribution in [3.8, 4) is 17.2 Å². The number of aryl methyl sites for hydroxylation is 1. The van der Waals surface area contributed by atoms with Crippen molar-refractivity contribution in [1.29, 1.82) is 0 Å². The van der Waals surface area contributed by atoms with Gasteiger partial charge in [0.15, 0.2) is 12.6 Å². The lowest BCUT2D eigenvalue weighted by atomic mass is 10.0. The van der Waals surface area contributed by atoms with E-state index in [0.29, 0.717) is 45.4 Å². The van der Waals surface area contributed by atoms with E-state index in [-0.39, 0.29) is 18.3 Å². The Morgan fingerprint density at radius 3 is 2.94 bits per heavy atom. The minimum atomic E-state index is -0.449. The second-order valence-corrected chi connectivity index (χ2v) is 8.88. The molecule has 156 valence electrons. The zero-order valence-corrected chi connectivity index (χ0v) is 18.7. The third kappa shape index (κ3) is 3.78. The van der Waals surface area contributed by atoms with Crippen LogP contribution in [-0.2, 0) is 11.3 Å². The summed E-state index contributed by atoms with van der Waals surface area (Å²) in [5, 5.41) is 1.81. The summed E-state index contributed by atoms with van der Waals surface area (Å²) in [4.78, 5) is 25.8. The molecular formula is C23H15BrO6S. The number of ether oxygens (including phenoxy) is 4. The lowest BCUT2D eigenvalue weighted by molar-refractivity contribution is -0.0165. The van der Waals surface area contributed by atoms with Gasteiger partial charge in [-0.25, -0.2) is 4.79 Å². The molecule has 2 aliphatic heterocycles. The van der Waals surface area contributed by atoms with Gasteiger partial charge in [-0.3, -0.25) is 4.79 Å². The molecule has 0 aliphatic carbocycles. The van der Waals surface area contributed by atoms with Crippen molar-refractivity contribution in [2.75, 3.05) is 6.79 Å². The van der Waals surface area contributed by atoms with Crippen LogP contribution in [0, 0.1) is 6.92 Å². The number of halogens is 1. The minimum absolute atomic E-state index is 0.151. The zero-order valence-electron chi connectivity index (χ0n) is 16.3. The van der Waals surface area contributed by atoms with Gasteiger partial charge >= 0.3 is 5.97 Å². The van der Waals surface area contributed by atoms with Gasteiger partial charge in [0, 0.05) is 21.7 Å². The molecule has 8 heteroatoms. The van der Waals surface area contributed by atoms with Gasteiger partial charge in [0.2, 0.25) is 5.78 Å². The standard InChI is InChI=1S/C23H15BrO6S/c1-12-5-16(29-23(26)19-3-2-4-31-19)9-17-20(12)21(25)18(30-17)8-13-6-15(24)7-14-10-27-11-28-22(13)14/h2-9H,10-11H2,1H3/b18-8-. The van der Waals surface area contributed by atoms with Crippen molar-refractivity contribution in [2.24, 2.45) is 0 Å². The van der Waals surface area contributed by atoms with Crippen LogP contribution in [0.3, 0.4) is 0 Å². The number of allylic oxidation sites excluding steroid dienone is 1. The molecule has 0 amide bonds. The first-order chi connectivity index (χ1) is 15.0. The van der Waals surface area contributed by atoms with Gasteiger partial charge in [-0.05, 0) is 48.2 Å². The van der Waals surface area contributed by atoms with E-state index in [0.717, 1.165) is 10.0 Å². The molecule has 1 aromatic heterocycles. The maximum absolute atomic E-state index is 13.0. The van der Waals surface area contributed by atoms with Crippen LogP contribution in [0.4, 0.5) is 0 Å². The quantitative estimate of drug-likeness (QED) is 0.269. The first-order valence-electron chi connectivity index (χ1n) is 9.37. The van der Waals surface area contributed by atoms with Gasteiger partial charge in [-0.1, -0.05) is 22.0 Å². The lowest BCUT2D eigenvalue weighted by Gasteiger charge is -2.20. The predicted octanol–water partition coefficient (Wildman–Crippen LogP) is 5.52. The Hall–Kier alpha value is -2.94. The molecule has 3 aromatic rings. The minimum Gasteiger partial charge on any atom is -0.467 e. The van der Waals surface area contributed by atoms with E-state index in [1.807, 2.05) is 12.1 Å². The van der Waals surface area contributed by atoms with E-state index in [9.17, 15) is 9.59 Å². The Labute approximate surface area is 190 Å². The summed E-state index contributed by atoms with van der Waals surface area (Å²) in [6, 6.07) is 10.5. The van der Waals surface area contributed by atoms with E-state index < -0.39 is 5.97 Å². The molecule has 5 rings (SSSR count). The summed E-state index contributed by atoms with van der Waals surface area (Å²) >= 11 is 4.78. The molecule has 2 aliphatic rings. The van der Waals surface area contributed by atoms with Gasteiger partial charge in [0.25, 0.3) is 0 Å². The van der Waals surface area contributed by atoms with Crippen molar-refractivity contribution in [2.45, 2.75) is 13.5 Å². The number of hydrogen-bond donors (Lipinski definition) is 0. The highest BCUT2D eigenvalue weighted by molar-refractivity contribution is 9.10. The molecular weight excluding hydrogens is 484 g/mol. The van der Waals surface area contributed by atoms with Gasteiger partial charge in [-0.2, -0.15) is 0 Å². The molecule has 31 heavy (non-hydrogen) atoms.